The Morgan fingerprint density at radius 1 is 1.19 bits per heavy atom. The topological polar surface area (TPSA) is 12.0 Å². The maximum atomic E-state index is 3.56. The van der Waals surface area contributed by atoms with Crippen LogP contribution in [0.1, 0.15) is 22.7 Å². The zero-order valence-electron chi connectivity index (χ0n) is 8.67. The molecule has 2 aromatic rings. The first-order chi connectivity index (χ1) is 7.68. The lowest BCUT2D eigenvalue weighted by molar-refractivity contribution is 0.585. The van der Waals surface area contributed by atoms with Crippen molar-refractivity contribution in [1.29, 1.82) is 0 Å². The van der Waals surface area contributed by atoms with Gasteiger partial charge in [-0.25, -0.2) is 0 Å². The van der Waals surface area contributed by atoms with E-state index in [4.69, 9.17) is 0 Å². The fourth-order valence-electron chi connectivity index (χ4n) is 1.40. The third kappa shape index (κ3) is 2.96. The highest BCUT2D eigenvalue weighted by atomic mass is 79.9. The van der Waals surface area contributed by atoms with E-state index in [-0.39, 0.29) is 0 Å². The largest absolute Gasteiger partial charge is 0.304 e. The maximum Gasteiger partial charge on any atom is 0.0400 e. The zero-order valence-corrected chi connectivity index (χ0v) is 13.5. The molecule has 16 heavy (non-hydrogen) atoms. The molecule has 86 valence electrons. The van der Waals surface area contributed by atoms with Gasteiger partial charge in [-0.05, 0) is 61.7 Å². The smallest absolute Gasteiger partial charge is 0.0400 e. The van der Waals surface area contributed by atoms with E-state index >= 15 is 0 Å². The zero-order chi connectivity index (χ0) is 11.5. The second-order valence-corrected chi connectivity index (χ2v) is 7.08. The van der Waals surface area contributed by atoms with Crippen LogP contribution < -0.4 is 5.32 Å². The summed E-state index contributed by atoms with van der Waals surface area (Å²) in [4.78, 5) is 2.70. The van der Waals surface area contributed by atoms with Crippen LogP contribution in [-0.2, 0) is 6.54 Å². The van der Waals surface area contributed by atoms with Crippen LogP contribution >= 0.6 is 54.5 Å². The Morgan fingerprint density at radius 3 is 2.44 bits per heavy atom. The normalized spacial score (nSPS) is 12.9. The number of nitrogens with one attached hydrogen (secondary N) is 1. The van der Waals surface area contributed by atoms with Gasteiger partial charge in [0.25, 0.3) is 0 Å². The quantitative estimate of drug-likeness (QED) is 0.769. The third-order valence-electron chi connectivity index (χ3n) is 2.30. The third-order valence-corrected chi connectivity index (χ3v) is 6.28. The van der Waals surface area contributed by atoms with Gasteiger partial charge in [-0.3, -0.25) is 0 Å². The van der Waals surface area contributed by atoms with E-state index in [2.05, 4.69) is 67.0 Å². The van der Waals surface area contributed by atoms with Crippen LogP contribution in [0.25, 0.3) is 0 Å². The van der Waals surface area contributed by atoms with Crippen LogP contribution in [0.15, 0.2) is 31.8 Å². The Morgan fingerprint density at radius 2 is 1.88 bits per heavy atom. The van der Waals surface area contributed by atoms with Crippen molar-refractivity contribution in [2.45, 2.75) is 19.5 Å². The molecule has 0 saturated carbocycles. The molecule has 0 amide bonds. The highest BCUT2D eigenvalue weighted by Crippen LogP contribution is 2.29. The van der Waals surface area contributed by atoms with Gasteiger partial charge in [-0.2, -0.15) is 0 Å². The van der Waals surface area contributed by atoms with E-state index in [1.165, 1.54) is 18.7 Å². The van der Waals surface area contributed by atoms with Crippen LogP contribution in [0.3, 0.4) is 0 Å². The van der Waals surface area contributed by atoms with Gasteiger partial charge in [0.1, 0.15) is 0 Å². The minimum Gasteiger partial charge on any atom is -0.304 e. The fourth-order valence-corrected chi connectivity index (χ4v) is 4.60. The Bertz CT molecular complexity index is 464. The monoisotopic (exact) mass is 379 g/mol. The first-order valence-electron chi connectivity index (χ1n) is 4.86. The van der Waals surface area contributed by atoms with E-state index in [0.717, 1.165) is 6.54 Å². The standard InChI is InChI=1S/C11H11Br2NS2/c1-7(11-9(13)3-5-16-11)14-6-10-8(12)2-4-15-10/h2-5,7,14H,6H2,1H3. The fraction of sp³-hybridized carbons (Fsp3) is 0.273. The SMILES string of the molecule is CC(NCc1sccc1Br)c1sccc1Br. The van der Waals surface area contributed by atoms with Gasteiger partial charge in [0, 0.05) is 31.3 Å². The van der Waals surface area contributed by atoms with E-state index in [1.54, 1.807) is 22.7 Å². The van der Waals surface area contributed by atoms with Gasteiger partial charge < -0.3 is 5.32 Å². The van der Waals surface area contributed by atoms with Crippen molar-refractivity contribution in [3.8, 4) is 0 Å². The van der Waals surface area contributed by atoms with E-state index in [9.17, 15) is 0 Å². The van der Waals surface area contributed by atoms with E-state index in [0.29, 0.717) is 6.04 Å². The minimum absolute atomic E-state index is 0.378. The van der Waals surface area contributed by atoms with E-state index < -0.39 is 0 Å². The van der Waals surface area contributed by atoms with Crippen molar-refractivity contribution >= 4 is 54.5 Å². The molecular weight excluding hydrogens is 370 g/mol. The molecule has 0 radical (unpaired) electrons. The molecule has 1 N–H and O–H groups in total. The van der Waals surface area contributed by atoms with Crippen molar-refractivity contribution in [2.75, 3.05) is 0 Å². The number of rotatable bonds is 4. The van der Waals surface area contributed by atoms with Crippen molar-refractivity contribution in [2.24, 2.45) is 0 Å². The van der Waals surface area contributed by atoms with E-state index in [1.807, 2.05) is 0 Å². The second kappa shape index (κ2) is 5.78. The molecule has 0 aliphatic carbocycles. The molecule has 0 aliphatic rings. The Hall–Kier alpha value is 0.320. The highest BCUT2D eigenvalue weighted by Gasteiger charge is 2.11. The van der Waals surface area contributed by atoms with Crippen LogP contribution in [0.2, 0.25) is 0 Å². The lowest BCUT2D eigenvalue weighted by atomic mass is 10.2. The minimum atomic E-state index is 0.378. The van der Waals surface area contributed by atoms with Crippen LogP contribution in [-0.4, -0.2) is 0 Å². The lowest BCUT2D eigenvalue weighted by Crippen LogP contribution is -2.16. The highest BCUT2D eigenvalue weighted by molar-refractivity contribution is 9.10. The number of thiophene rings is 2. The van der Waals surface area contributed by atoms with Crippen molar-refractivity contribution in [1.82, 2.24) is 5.32 Å². The molecule has 1 nitrogen and oxygen atoms in total. The lowest BCUT2D eigenvalue weighted by Gasteiger charge is -2.12. The van der Waals surface area contributed by atoms with Gasteiger partial charge in [0.05, 0.1) is 0 Å². The number of hydrogen-bond acceptors (Lipinski definition) is 3. The molecule has 2 rings (SSSR count). The summed E-state index contributed by atoms with van der Waals surface area (Å²) in [6.45, 7) is 3.10. The molecule has 1 atom stereocenters. The van der Waals surface area contributed by atoms with Crippen LogP contribution in [0, 0.1) is 0 Å². The van der Waals surface area contributed by atoms with Crippen LogP contribution in [0.4, 0.5) is 0 Å². The second-order valence-electron chi connectivity index (χ2n) is 3.43. The summed E-state index contributed by atoms with van der Waals surface area (Å²) >= 11 is 10.7. The van der Waals surface area contributed by atoms with Crippen molar-refractivity contribution in [3.05, 3.63) is 41.6 Å². The predicted molar refractivity (Wildman–Crippen MR) is 79.3 cm³/mol. The molecule has 2 aromatic heterocycles. The molecule has 2 heterocycles. The molecular formula is C11H11Br2NS2. The number of hydrogen-bond donors (Lipinski definition) is 1. The van der Waals surface area contributed by atoms with Crippen molar-refractivity contribution in [3.63, 3.8) is 0 Å². The summed E-state index contributed by atoms with van der Waals surface area (Å²) in [5.41, 5.74) is 0. The summed E-state index contributed by atoms with van der Waals surface area (Å²) in [5, 5.41) is 7.74. The van der Waals surface area contributed by atoms with Gasteiger partial charge in [0.2, 0.25) is 0 Å². The molecule has 0 bridgehead atoms. The summed E-state index contributed by atoms with van der Waals surface area (Å²) in [5.74, 6) is 0. The summed E-state index contributed by atoms with van der Waals surface area (Å²) in [6, 6.07) is 4.57. The summed E-state index contributed by atoms with van der Waals surface area (Å²) in [7, 11) is 0. The molecule has 0 fully saturated rings. The first-order valence-corrected chi connectivity index (χ1v) is 8.21. The molecule has 5 heteroatoms. The number of halogens is 2. The Labute approximate surface area is 120 Å². The van der Waals surface area contributed by atoms with Gasteiger partial charge in [-0.15, -0.1) is 22.7 Å². The first kappa shape index (κ1) is 12.8. The van der Waals surface area contributed by atoms with Gasteiger partial charge in [0.15, 0.2) is 0 Å². The Balaban J connectivity index is 1.97. The predicted octanol–water partition coefficient (Wildman–Crippen LogP) is 5.19. The van der Waals surface area contributed by atoms with Gasteiger partial charge >= 0.3 is 0 Å². The van der Waals surface area contributed by atoms with Crippen LogP contribution in [0.5, 0.6) is 0 Å². The van der Waals surface area contributed by atoms with Gasteiger partial charge in [-0.1, -0.05) is 0 Å². The average molecular weight is 381 g/mol. The molecule has 1 unspecified atom stereocenters. The molecule has 0 spiro atoms. The summed E-state index contributed by atoms with van der Waals surface area (Å²) < 4.78 is 2.39. The van der Waals surface area contributed by atoms with Crippen molar-refractivity contribution < 1.29 is 0 Å². The molecule has 0 aliphatic heterocycles. The summed E-state index contributed by atoms with van der Waals surface area (Å²) in [6.07, 6.45) is 0. The molecule has 0 saturated heterocycles. The maximum absolute atomic E-state index is 3.56. The Kier molecular flexibility index (Phi) is 4.61. The molecule has 0 aromatic carbocycles. The average Bonchev–Trinajstić information content (AvgIpc) is 2.84.